The SMILES string of the molecule is Cc1nc(C2CCC2)n2c1CC(=O)CC2. The summed E-state index contributed by atoms with van der Waals surface area (Å²) in [5.74, 6) is 2.29. The average Bonchev–Trinajstić information content (AvgIpc) is 2.41. The first-order valence-corrected chi connectivity index (χ1v) is 5.83. The molecule has 3 nitrogen and oxygen atoms in total. The van der Waals surface area contributed by atoms with Crippen molar-refractivity contribution in [3.8, 4) is 0 Å². The molecular weight excluding hydrogens is 188 g/mol. The molecule has 0 unspecified atom stereocenters. The predicted molar refractivity (Wildman–Crippen MR) is 56.9 cm³/mol. The molecule has 1 aromatic rings. The summed E-state index contributed by atoms with van der Waals surface area (Å²) in [5, 5.41) is 0. The normalized spacial score (nSPS) is 21.3. The first kappa shape index (κ1) is 9.13. The van der Waals surface area contributed by atoms with Crippen LogP contribution in [-0.4, -0.2) is 15.3 Å². The van der Waals surface area contributed by atoms with Gasteiger partial charge in [0.1, 0.15) is 11.6 Å². The Bertz CT molecular complexity index is 416. The van der Waals surface area contributed by atoms with Gasteiger partial charge in [0.2, 0.25) is 0 Å². The predicted octanol–water partition coefficient (Wildman–Crippen LogP) is 1.97. The molecule has 1 aliphatic heterocycles. The molecule has 1 aliphatic carbocycles. The van der Waals surface area contributed by atoms with Crippen LogP contribution in [-0.2, 0) is 17.8 Å². The molecule has 1 aromatic heterocycles. The van der Waals surface area contributed by atoms with E-state index in [9.17, 15) is 4.79 Å². The summed E-state index contributed by atoms with van der Waals surface area (Å²) in [5.41, 5.74) is 2.25. The molecule has 3 heteroatoms. The summed E-state index contributed by atoms with van der Waals surface area (Å²) in [6, 6.07) is 0. The smallest absolute Gasteiger partial charge is 0.140 e. The van der Waals surface area contributed by atoms with Gasteiger partial charge in [0, 0.05) is 31.0 Å². The lowest BCUT2D eigenvalue weighted by Gasteiger charge is -2.27. The fourth-order valence-electron chi connectivity index (χ4n) is 2.59. The van der Waals surface area contributed by atoms with E-state index in [1.807, 2.05) is 6.92 Å². The number of Topliss-reactive ketones (excluding diaryl/α,β-unsaturated/α-hetero) is 1. The minimum absolute atomic E-state index is 0.366. The number of carbonyl (C=O) groups excluding carboxylic acids is 1. The van der Waals surface area contributed by atoms with Gasteiger partial charge >= 0.3 is 0 Å². The second kappa shape index (κ2) is 3.19. The third-order valence-electron chi connectivity index (χ3n) is 3.75. The number of imidazole rings is 1. The number of ketones is 1. The molecule has 2 aliphatic rings. The highest BCUT2D eigenvalue weighted by Gasteiger charge is 2.29. The molecule has 0 atom stereocenters. The number of aromatic nitrogens is 2. The Kier molecular flexibility index (Phi) is 1.94. The number of hydrogen-bond acceptors (Lipinski definition) is 2. The van der Waals surface area contributed by atoms with Crippen molar-refractivity contribution in [2.24, 2.45) is 0 Å². The van der Waals surface area contributed by atoms with E-state index in [4.69, 9.17) is 0 Å². The maximum absolute atomic E-state index is 11.4. The molecule has 2 heterocycles. The van der Waals surface area contributed by atoms with Crippen LogP contribution in [0.25, 0.3) is 0 Å². The standard InChI is InChI=1S/C12H16N2O/c1-8-11-7-10(15)5-6-14(11)12(13-8)9-3-2-4-9/h9H,2-7H2,1H3. The van der Waals surface area contributed by atoms with Crippen LogP contribution < -0.4 is 0 Å². The van der Waals surface area contributed by atoms with Crippen LogP contribution in [0.4, 0.5) is 0 Å². The Morgan fingerprint density at radius 3 is 2.87 bits per heavy atom. The molecule has 15 heavy (non-hydrogen) atoms. The molecule has 0 bridgehead atoms. The Morgan fingerprint density at radius 2 is 2.20 bits per heavy atom. The van der Waals surface area contributed by atoms with Gasteiger partial charge in [-0.1, -0.05) is 6.42 Å². The van der Waals surface area contributed by atoms with E-state index in [1.54, 1.807) is 0 Å². The molecule has 3 rings (SSSR count). The lowest BCUT2D eigenvalue weighted by atomic mass is 9.84. The number of carbonyl (C=O) groups is 1. The van der Waals surface area contributed by atoms with Gasteiger partial charge in [-0.05, 0) is 19.8 Å². The lowest BCUT2D eigenvalue weighted by molar-refractivity contribution is -0.119. The van der Waals surface area contributed by atoms with E-state index in [0.29, 0.717) is 24.5 Å². The summed E-state index contributed by atoms with van der Waals surface area (Å²) in [6.07, 6.45) is 5.20. The van der Waals surface area contributed by atoms with Crippen molar-refractivity contribution in [2.45, 2.75) is 51.5 Å². The number of rotatable bonds is 1. The van der Waals surface area contributed by atoms with Gasteiger partial charge < -0.3 is 4.57 Å². The largest absolute Gasteiger partial charge is 0.331 e. The molecule has 0 N–H and O–H groups in total. The van der Waals surface area contributed by atoms with E-state index in [1.165, 1.54) is 30.8 Å². The van der Waals surface area contributed by atoms with E-state index in [0.717, 1.165) is 12.2 Å². The van der Waals surface area contributed by atoms with Crippen LogP contribution in [0.2, 0.25) is 0 Å². The van der Waals surface area contributed by atoms with Gasteiger partial charge in [0.05, 0.1) is 5.69 Å². The van der Waals surface area contributed by atoms with Crippen LogP contribution in [0.5, 0.6) is 0 Å². The maximum atomic E-state index is 11.4. The van der Waals surface area contributed by atoms with E-state index in [2.05, 4.69) is 9.55 Å². The highest BCUT2D eigenvalue weighted by Crippen LogP contribution is 2.37. The number of aryl methyl sites for hydroxylation is 1. The fourth-order valence-corrected chi connectivity index (χ4v) is 2.59. The van der Waals surface area contributed by atoms with Crippen molar-refractivity contribution in [3.05, 3.63) is 17.2 Å². The topological polar surface area (TPSA) is 34.9 Å². The van der Waals surface area contributed by atoms with Gasteiger partial charge in [0.15, 0.2) is 0 Å². The third kappa shape index (κ3) is 1.33. The molecule has 0 aromatic carbocycles. The average molecular weight is 204 g/mol. The van der Waals surface area contributed by atoms with E-state index in [-0.39, 0.29) is 0 Å². The number of fused-ring (bicyclic) bond motifs is 1. The van der Waals surface area contributed by atoms with Crippen LogP contribution >= 0.6 is 0 Å². The Hall–Kier alpha value is -1.12. The highest BCUT2D eigenvalue weighted by molar-refractivity contribution is 5.81. The Labute approximate surface area is 89.5 Å². The molecule has 0 spiro atoms. The van der Waals surface area contributed by atoms with Crippen LogP contribution in [0, 0.1) is 6.92 Å². The quantitative estimate of drug-likeness (QED) is 0.701. The van der Waals surface area contributed by atoms with Gasteiger partial charge in [-0.3, -0.25) is 4.79 Å². The van der Waals surface area contributed by atoms with Crippen LogP contribution in [0.15, 0.2) is 0 Å². The zero-order valence-electron chi connectivity index (χ0n) is 9.12. The summed E-state index contributed by atoms with van der Waals surface area (Å²) in [4.78, 5) is 16.1. The zero-order valence-corrected chi connectivity index (χ0v) is 9.12. The summed E-state index contributed by atoms with van der Waals surface area (Å²) >= 11 is 0. The minimum atomic E-state index is 0.366. The second-order valence-electron chi connectivity index (χ2n) is 4.75. The molecule has 0 radical (unpaired) electrons. The van der Waals surface area contributed by atoms with Crippen LogP contribution in [0.3, 0.4) is 0 Å². The molecular formula is C12H16N2O. The number of hydrogen-bond donors (Lipinski definition) is 0. The Balaban J connectivity index is 2.02. The maximum Gasteiger partial charge on any atom is 0.140 e. The van der Waals surface area contributed by atoms with E-state index < -0.39 is 0 Å². The summed E-state index contributed by atoms with van der Waals surface area (Å²) in [7, 11) is 0. The van der Waals surface area contributed by atoms with Crippen molar-refractivity contribution in [1.29, 1.82) is 0 Å². The van der Waals surface area contributed by atoms with Crippen molar-refractivity contribution in [1.82, 2.24) is 9.55 Å². The van der Waals surface area contributed by atoms with Gasteiger partial charge in [-0.25, -0.2) is 4.98 Å². The third-order valence-corrected chi connectivity index (χ3v) is 3.75. The first-order chi connectivity index (χ1) is 7.25. The Morgan fingerprint density at radius 1 is 1.40 bits per heavy atom. The van der Waals surface area contributed by atoms with Gasteiger partial charge in [-0.15, -0.1) is 0 Å². The van der Waals surface area contributed by atoms with Gasteiger partial charge in [-0.2, -0.15) is 0 Å². The van der Waals surface area contributed by atoms with Crippen molar-refractivity contribution in [3.63, 3.8) is 0 Å². The van der Waals surface area contributed by atoms with Crippen LogP contribution in [0.1, 0.15) is 48.8 Å². The molecule has 1 saturated carbocycles. The van der Waals surface area contributed by atoms with E-state index >= 15 is 0 Å². The molecule has 0 amide bonds. The minimum Gasteiger partial charge on any atom is -0.331 e. The number of nitrogens with zero attached hydrogens (tertiary/aromatic N) is 2. The monoisotopic (exact) mass is 204 g/mol. The van der Waals surface area contributed by atoms with Crippen molar-refractivity contribution >= 4 is 5.78 Å². The van der Waals surface area contributed by atoms with Crippen molar-refractivity contribution in [2.75, 3.05) is 0 Å². The lowest BCUT2D eigenvalue weighted by Crippen LogP contribution is -2.23. The van der Waals surface area contributed by atoms with Gasteiger partial charge in [0.25, 0.3) is 0 Å². The molecule has 80 valence electrons. The second-order valence-corrected chi connectivity index (χ2v) is 4.75. The molecule has 1 fully saturated rings. The fraction of sp³-hybridized carbons (Fsp3) is 0.667. The molecule has 0 saturated heterocycles. The summed E-state index contributed by atoms with van der Waals surface area (Å²) in [6.45, 7) is 2.90. The summed E-state index contributed by atoms with van der Waals surface area (Å²) < 4.78 is 2.31. The first-order valence-electron chi connectivity index (χ1n) is 5.83. The van der Waals surface area contributed by atoms with Crippen molar-refractivity contribution < 1.29 is 4.79 Å². The zero-order chi connectivity index (χ0) is 10.4. The highest BCUT2D eigenvalue weighted by atomic mass is 16.1.